The molecule has 0 aliphatic carbocycles. The molecule has 3 heterocycles. The van der Waals surface area contributed by atoms with Crippen LogP contribution >= 0.6 is 11.6 Å². The van der Waals surface area contributed by atoms with E-state index in [4.69, 9.17) is 11.6 Å². The second-order valence-corrected chi connectivity index (χ2v) is 10.3. The van der Waals surface area contributed by atoms with Gasteiger partial charge in [-0.05, 0) is 42.7 Å². The molecule has 1 aromatic carbocycles. The number of hydrogen-bond acceptors (Lipinski definition) is 6. The normalized spacial score (nSPS) is 19.0. The maximum Gasteiger partial charge on any atom is 0.218 e. The molecule has 0 bridgehead atoms. The lowest BCUT2D eigenvalue weighted by Gasteiger charge is -2.34. The Balaban J connectivity index is 1.34. The van der Waals surface area contributed by atoms with Gasteiger partial charge < -0.3 is 9.80 Å². The van der Waals surface area contributed by atoms with Crippen molar-refractivity contribution in [1.29, 1.82) is 0 Å². The molecular formula is C21H28ClN5O2S. The monoisotopic (exact) mass is 449 g/mol. The number of aromatic nitrogens is 2. The Morgan fingerprint density at radius 3 is 1.80 bits per heavy atom. The van der Waals surface area contributed by atoms with Crippen molar-refractivity contribution in [1.82, 2.24) is 14.5 Å². The number of sulfonamides is 1. The van der Waals surface area contributed by atoms with Crippen LogP contribution in [0.3, 0.4) is 0 Å². The lowest BCUT2D eigenvalue weighted by Crippen LogP contribution is -2.49. The zero-order chi connectivity index (χ0) is 21.0. The highest BCUT2D eigenvalue weighted by atomic mass is 35.5. The second-order valence-electron chi connectivity index (χ2n) is 7.92. The van der Waals surface area contributed by atoms with E-state index < -0.39 is 10.0 Å². The molecule has 2 aromatic rings. The molecule has 2 aliphatic rings. The Kier molecular flexibility index (Phi) is 6.75. The predicted octanol–water partition coefficient (Wildman–Crippen LogP) is 3.16. The SMILES string of the molecule is O=S(=O)(Cc1ccc(Cl)cc1)N1CCN(c2ccc(N3CCCCCC3)nn2)CC1. The summed E-state index contributed by atoms with van der Waals surface area (Å²) in [4.78, 5) is 4.42. The Morgan fingerprint density at radius 1 is 0.733 bits per heavy atom. The van der Waals surface area contributed by atoms with E-state index in [1.807, 2.05) is 12.1 Å². The molecule has 162 valence electrons. The molecule has 30 heavy (non-hydrogen) atoms. The molecule has 2 saturated heterocycles. The van der Waals surface area contributed by atoms with E-state index in [-0.39, 0.29) is 5.75 Å². The lowest BCUT2D eigenvalue weighted by atomic mass is 10.2. The lowest BCUT2D eigenvalue weighted by molar-refractivity contribution is 0.383. The Morgan fingerprint density at radius 2 is 1.27 bits per heavy atom. The first-order chi connectivity index (χ1) is 14.5. The zero-order valence-corrected chi connectivity index (χ0v) is 18.7. The van der Waals surface area contributed by atoms with Gasteiger partial charge in [-0.2, -0.15) is 4.31 Å². The van der Waals surface area contributed by atoms with Crippen molar-refractivity contribution in [3.63, 3.8) is 0 Å². The summed E-state index contributed by atoms with van der Waals surface area (Å²) in [6.07, 6.45) is 4.98. The number of piperazine rings is 1. The minimum absolute atomic E-state index is 0.00545. The van der Waals surface area contributed by atoms with E-state index in [1.54, 1.807) is 28.6 Å². The van der Waals surface area contributed by atoms with Gasteiger partial charge in [-0.15, -0.1) is 10.2 Å². The highest BCUT2D eigenvalue weighted by molar-refractivity contribution is 7.88. The van der Waals surface area contributed by atoms with Gasteiger partial charge in [0.15, 0.2) is 11.6 Å². The molecule has 2 aliphatic heterocycles. The van der Waals surface area contributed by atoms with Crippen LogP contribution in [0.5, 0.6) is 0 Å². The van der Waals surface area contributed by atoms with Crippen molar-refractivity contribution in [3.05, 3.63) is 47.0 Å². The van der Waals surface area contributed by atoms with Crippen molar-refractivity contribution in [2.75, 3.05) is 49.1 Å². The molecular weight excluding hydrogens is 422 g/mol. The average molecular weight is 450 g/mol. The largest absolute Gasteiger partial charge is 0.355 e. The fourth-order valence-electron chi connectivity index (χ4n) is 4.03. The molecule has 4 rings (SSSR count). The van der Waals surface area contributed by atoms with Crippen LogP contribution in [0.2, 0.25) is 5.02 Å². The number of hydrogen-bond donors (Lipinski definition) is 0. The van der Waals surface area contributed by atoms with Gasteiger partial charge in [-0.25, -0.2) is 8.42 Å². The zero-order valence-electron chi connectivity index (χ0n) is 17.1. The molecule has 0 radical (unpaired) electrons. The van der Waals surface area contributed by atoms with Gasteiger partial charge in [0, 0.05) is 44.3 Å². The summed E-state index contributed by atoms with van der Waals surface area (Å²) in [7, 11) is -3.36. The highest BCUT2D eigenvalue weighted by Crippen LogP contribution is 2.21. The summed E-state index contributed by atoms with van der Waals surface area (Å²) >= 11 is 5.89. The minimum Gasteiger partial charge on any atom is -0.355 e. The third-order valence-corrected chi connectivity index (χ3v) is 7.89. The quantitative estimate of drug-likeness (QED) is 0.698. The maximum absolute atomic E-state index is 12.8. The van der Waals surface area contributed by atoms with Crippen LogP contribution in [-0.4, -0.2) is 62.2 Å². The summed E-state index contributed by atoms with van der Waals surface area (Å²) in [6, 6.07) is 11.0. The van der Waals surface area contributed by atoms with E-state index in [1.165, 1.54) is 25.7 Å². The molecule has 1 aromatic heterocycles. The molecule has 0 N–H and O–H groups in total. The van der Waals surface area contributed by atoms with Crippen LogP contribution < -0.4 is 9.80 Å². The molecule has 0 amide bonds. The first-order valence-corrected chi connectivity index (χ1v) is 12.6. The molecule has 0 saturated carbocycles. The van der Waals surface area contributed by atoms with Crippen molar-refractivity contribution >= 4 is 33.3 Å². The number of halogens is 1. The van der Waals surface area contributed by atoms with Crippen molar-refractivity contribution in [2.24, 2.45) is 0 Å². The van der Waals surface area contributed by atoms with Crippen molar-refractivity contribution in [3.8, 4) is 0 Å². The number of benzene rings is 1. The molecule has 9 heteroatoms. The predicted molar refractivity (Wildman–Crippen MR) is 121 cm³/mol. The van der Waals surface area contributed by atoms with Gasteiger partial charge in [0.1, 0.15) is 0 Å². The van der Waals surface area contributed by atoms with Gasteiger partial charge in [0.25, 0.3) is 0 Å². The number of anilines is 2. The highest BCUT2D eigenvalue weighted by Gasteiger charge is 2.28. The molecule has 0 spiro atoms. The third kappa shape index (κ3) is 5.22. The second kappa shape index (κ2) is 9.49. The van der Waals surface area contributed by atoms with E-state index in [0.717, 1.165) is 30.3 Å². The van der Waals surface area contributed by atoms with Gasteiger partial charge in [0.05, 0.1) is 5.75 Å². The topological polar surface area (TPSA) is 69.6 Å². The van der Waals surface area contributed by atoms with Gasteiger partial charge in [-0.1, -0.05) is 36.6 Å². The summed E-state index contributed by atoms with van der Waals surface area (Å²) in [5.41, 5.74) is 0.747. The van der Waals surface area contributed by atoms with Crippen LogP contribution in [0.4, 0.5) is 11.6 Å². The van der Waals surface area contributed by atoms with Crippen molar-refractivity contribution in [2.45, 2.75) is 31.4 Å². The Bertz CT molecular complexity index is 921. The molecule has 0 unspecified atom stereocenters. The standard InChI is InChI=1S/C21H28ClN5O2S/c22-19-7-5-18(6-8-19)17-30(28,29)27-15-13-26(14-16-27)21-10-9-20(23-24-21)25-11-3-1-2-4-12-25/h5-10H,1-4,11-17H2. The van der Waals surface area contributed by atoms with Gasteiger partial charge >= 0.3 is 0 Å². The van der Waals surface area contributed by atoms with Crippen LogP contribution in [0, 0.1) is 0 Å². The number of nitrogens with zero attached hydrogens (tertiary/aromatic N) is 5. The van der Waals surface area contributed by atoms with E-state index in [2.05, 4.69) is 20.0 Å². The van der Waals surface area contributed by atoms with Crippen LogP contribution in [0.15, 0.2) is 36.4 Å². The first-order valence-electron chi connectivity index (χ1n) is 10.6. The van der Waals surface area contributed by atoms with Crippen LogP contribution in [0.25, 0.3) is 0 Å². The minimum atomic E-state index is -3.36. The van der Waals surface area contributed by atoms with Crippen LogP contribution in [0.1, 0.15) is 31.2 Å². The molecule has 7 nitrogen and oxygen atoms in total. The summed E-state index contributed by atoms with van der Waals surface area (Å²) < 4.78 is 27.1. The van der Waals surface area contributed by atoms with Crippen molar-refractivity contribution < 1.29 is 8.42 Å². The fourth-order valence-corrected chi connectivity index (χ4v) is 5.68. The number of rotatable bonds is 5. The Hall–Kier alpha value is -1.90. The van der Waals surface area contributed by atoms with E-state index in [0.29, 0.717) is 31.2 Å². The smallest absolute Gasteiger partial charge is 0.218 e. The van der Waals surface area contributed by atoms with Gasteiger partial charge in [0.2, 0.25) is 10.0 Å². The third-order valence-electron chi connectivity index (χ3n) is 5.78. The Labute approximate surface area is 183 Å². The fraction of sp³-hybridized carbons (Fsp3) is 0.524. The summed E-state index contributed by atoms with van der Waals surface area (Å²) in [5.74, 6) is 1.74. The average Bonchev–Trinajstić information content (AvgIpc) is 3.05. The maximum atomic E-state index is 12.8. The summed E-state index contributed by atoms with van der Waals surface area (Å²) in [5, 5.41) is 9.47. The van der Waals surface area contributed by atoms with Crippen LogP contribution in [-0.2, 0) is 15.8 Å². The molecule has 2 fully saturated rings. The van der Waals surface area contributed by atoms with E-state index in [9.17, 15) is 8.42 Å². The molecule has 0 atom stereocenters. The van der Waals surface area contributed by atoms with E-state index >= 15 is 0 Å². The first kappa shape index (κ1) is 21.3. The summed E-state index contributed by atoms with van der Waals surface area (Å²) in [6.45, 7) is 4.20. The van der Waals surface area contributed by atoms with Gasteiger partial charge in [-0.3, -0.25) is 0 Å².